The van der Waals surface area contributed by atoms with E-state index in [1.807, 2.05) is 6.07 Å². The fourth-order valence-electron chi connectivity index (χ4n) is 1.51. The second-order valence-electron chi connectivity index (χ2n) is 4.41. The van der Waals surface area contributed by atoms with Crippen LogP contribution in [0.5, 0.6) is 5.75 Å². The van der Waals surface area contributed by atoms with Crippen molar-refractivity contribution >= 4 is 5.69 Å². The Morgan fingerprint density at radius 2 is 1.80 bits per heavy atom. The molecule has 2 heteroatoms. The first-order chi connectivity index (χ1) is 7.04. The van der Waals surface area contributed by atoms with E-state index in [4.69, 9.17) is 4.74 Å². The molecule has 0 aliphatic rings. The van der Waals surface area contributed by atoms with Crippen molar-refractivity contribution in [1.82, 2.24) is 0 Å². The van der Waals surface area contributed by atoms with Gasteiger partial charge in [-0.2, -0.15) is 0 Å². The van der Waals surface area contributed by atoms with E-state index in [2.05, 4.69) is 45.1 Å². The highest BCUT2D eigenvalue weighted by atomic mass is 16.5. The van der Waals surface area contributed by atoms with Crippen LogP contribution in [0.15, 0.2) is 18.2 Å². The summed E-state index contributed by atoms with van der Waals surface area (Å²) in [5.41, 5.74) is 2.41. The average Bonchev–Trinajstić information content (AvgIpc) is 2.16. The van der Waals surface area contributed by atoms with Crippen molar-refractivity contribution < 1.29 is 4.74 Å². The molecule has 0 saturated heterocycles. The van der Waals surface area contributed by atoms with E-state index in [9.17, 15) is 0 Å². The molecule has 0 aromatic heterocycles. The first-order valence-electron chi connectivity index (χ1n) is 5.49. The quantitative estimate of drug-likeness (QED) is 0.814. The predicted octanol–water partition coefficient (Wildman–Crippen LogP) is 3.64. The van der Waals surface area contributed by atoms with E-state index in [0.717, 1.165) is 11.4 Å². The number of benzene rings is 1. The molecule has 1 aromatic carbocycles. The van der Waals surface area contributed by atoms with E-state index in [1.165, 1.54) is 5.56 Å². The molecular weight excluding hydrogens is 186 g/mol. The van der Waals surface area contributed by atoms with Crippen LogP contribution < -0.4 is 10.1 Å². The molecule has 1 aromatic rings. The maximum absolute atomic E-state index is 5.32. The van der Waals surface area contributed by atoms with Crippen LogP contribution in [-0.4, -0.2) is 13.2 Å². The molecule has 0 saturated carbocycles. The normalized spacial score (nSPS) is 10.9. The van der Waals surface area contributed by atoms with Crippen molar-refractivity contribution in [2.75, 3.05) is 12.4 Å². The highest BCUT2D eigenvalue weighted by Gasteiger charge is 2.07. The van der Waals surface area contributed by atoms with Crippen LogP contribution in [0.25, 0.3) is 0 Å². The van der Waals surface area contributed by atoms with E-state index in [-0.39, 0.29) is 0 Å². The summed E-state index contributed by atoms with van der Waals surface area (Å²) in [6.07, 6.45) is 0. The molecule has 15 heavy (non-hydrogen) atoms. The molecule has 0 spiro atoms. The topological polar surface area (TPSA) is 21.3 Å². The summed E-state index contributed by atoms with van der Waals surface area (Å²) in [6, 6.07) is 6.74. The molecule has 1 N–H and O–H groups in total. The van der Waals surface area contributed by atoms with Gasteiger partial charge in [0.05, 0.1) is 12.8 Å². The van der Waals surface area contributed by atoms with Gasteiger partial charge in [-0.1, -0.05) is 19.9 Å². The molecular formula is C13H21NO. The van der Waals surface area contributed by atoms with E-state index in [0.29, 0.717) is 12.0 Å². The number of nitrogens with one attached hydrogen (secondary N) is 1. The SMILES string of the molecule is COc1ccc(C(C)C)cc1NC(C)C. The molecule has 0 amide bonds. The molecule has 0 radical (unpaired) electrons. The van der Waals surface area contributed by atoms with Crippen LogP contribution in [0.3, 0.4) is 0 Å². The molecule has 0 aliphatic heterocycles. The Morgan fingerprint density at radius 3 is 2.27 bits per heavy atom. The van der Waals surface area contributed by atoms with Crippen LogP contribution in [0.2, 0.25) is 0 Å². The van der Waals surface area contributed by atoms with E-state index in [1.54, 1.807) is 7.11 Å². The fourth-order valence-corrected chi connectivity index (χ4v) is 1.51. The summed E-state index contributed by atoms with van der Waals surface area (Å²) < 4.78 is 5.32. The third-order valence-corrected chi connectivity index (χ3v) is 2.33. The van der Waals surface area contributed by atoms with Crippen LogP contribution in [0.4, 0.5) is 5.69 Å². The second kappa shape index (κ2) is 5.06. The monoisotopic (exact) mass is 207 g/mol. The summed E-state index contributed by atoms with van der Waals surface area (Å²) in [5.74, 6) is 1.46. The number of ether oxygens (including phenoxy) is 1. The average molecular weight is 207 g/mol. The number of anilines is 1. The maximum atomic E-state index is 5.32. The predicted molar refractivity (Wildman–Crippen MR) is 65.8 cm³/mol. The third kappa shape index (κ3) is 3.15. The van der Waals surface area contributed by atoms with Gasteiger partial charge < -0.3 is 10.1 Å². The molecule has 0 atom stereocenters. The van der Waals surface area contributed by atoms with Crippen LogP contribution in [0.1, 0.15) is 39.2 Å². The minimum absolute atomic E-state index is 0.418. The second-order valence-corrected chi connectivity index (χ2v) is 4.41. The number of hydrogen-bond acceptors (Lipinski definition) is 2. The zero-order chi connectivity index (χ0) is 11.4. The Hall–Kier alpha value is -1.18. The van der Waals surface area contributed by atoms with Crippen molar-refractivity contribution in [2.45, 2.75) is 39.7 Å². The van der Waals surface area contributed by atoms with Gasteiger partial charge in [0.1, 0.15) is 5.75 Å². The van der Waals surface area contributed by atoms with E-state index >= 15 is 0 Å². The Balaban J connectivity index is 3.02. The van der Waals surface area contributed by atoms with Gasteiger partial charge in [-0.25, -0.2) is 0 Å². The van der Waals surface area contributed by atoms with E-state index < -0.39 is 0 Å². The van der Waals surface area contributed by atoms with Crippen molar-refractivity contribution in [3.05, 3.63) is 23.8 Å². The summed E-state index contributed by atoms with van der Waals surface area (Å²) in [6.45, 7) is 8.64. The largest absolute Gasteiger partial charge is 0.495 e. The Kier molecular flexibility index (Phi) is 4.01. The lowest BCUT2D eigenvalue weighted by Crippen LogP contribution is -2.11. The van der Waals surface area contributed by atoms with Gasteiger partial charge in [-0.05, 0) is 37.5 Å². The first-order valence-corrected chi connectivity index (χ1v) is 5.49. The molecule has 1 rings (SSSR count). The first kappa shape index (κ1) is 11.9. The van der Waals surface area contributed by atoms with Gasteiger partial charge in [0, 0.05) is 6.04 Å². The van der Waals surface area contributed by atoms with Crippen LogP contribution in [0, 0.1) is 0 Å². The van der Waals surface area contributed by atoms with Crippen molar-refractivity contribution in [3.63, 3.8) is 0 Å². The lowest BCUT2D eigenvalue weighted by molar-refractivity contribution is 0.416. The summed E-state index contributed by atoms with van der Waals surface area (Å²) in [4.78, 5) is 0. The standard InChI is InChI=1S/C13H21NO/c1-9(2)11-6-7-13(15-5)12(8-11)14-10(3)4/h6-10,14H,1-5H3. The summed E-state index contributed by atoms with van der Waals surface area (Å²) >= 11 is 0. The number of rotatable bonds is 4. The van der Waals surface area contributed by atoms with Gasteiger partial charge in [-0.3, -0.25) is 0 Å². The Morgan fingerprint density at radius 1 is 1.13 bits per heavy atom. The third-order valence-electron chi connectivity index (χ3n) is 2.33. The highest BCUT2D eigenvalue weighted by molar-refractivity contribution is 5.58. The lowest BCUT2D eigenvalue weighted by atomic mass is 10.0. The minimum atomic E-state index is 0.418. The van der Waals surface area contributed by atoms with Gasteiger partial charge in [-0.15, -0.1) is 0 Å². The summed E-state index contributed by atoms with van der Waals surface area (Å²) in [7, 11) is 1.70. The Bertz CT molecular complexity index is 318. The number of hydrogen-bond donors (Lipinski definition) is 1. The lowest BCUT2D eigenvalue weighted by Gasteiger charge is -2.16. The smallest absolute Gasteiger partial charge is 0.141 e. The zero-order valence-electron chi connectivity index (χ0n) is 10.3. The molecule has 2 nitrogen and oxygen atoms in total. The Labute approximate surface area is 92.6 Å². The molecule has 0 unspecified atom stereocenters. The zero-order valence-corrected chi connectivity index (χ0v) is 10.3. The van der Waals surface area contributed by atoms with Crippen LogP contribution in [-0.2, 0) is 0 Å². The van der Waals surface area contributed by atoms with Gasteiger partial charge in [0.15, 0.2) is 0 Å². The number of methoxy groups -OCH3 is 1. The van der Waals surface area contributed by atoms with Gasteiger partial charge in [0.2, 0.25) is 0 Å². The van der Waals surface area contributed by atoms with Crippen molar-refractivity contribution in [1.29, 1.82) is 0 Å². The highest BCUT2D eigenvalue weighted by Crippen LogP contribution is 2.28. The maximum Gasteiger partial charge on any atom is 0.141 e. The van der Waals surface area contributed by atoms with Crippen LogP contribution >= 0.6 is 0 Å². The molecule has 0 bridgehead atoms. The summed E-state index contributed by atoms with van der Waals surface area (Å²) in [5, 5.41) is 3.39. The fraction of sp³-hybridized carbons (Fsp3) is 0.538. The molecule has 0 fully saturated rings. The minimum Gasteiger partial charge on any atom is -0.495 e. The van der Waals surface area contributed by atoms with Crippen molar-refractivity contribution in [3.8, 4) is 5.75 Å². The van der Waals surface area contributed by atoms with Gasteiger partial charge in [0.25, 0.3) is 0 Å². The molecule has 0 aliphatic carbocycles. The molecule has 0 heterocycles. The molecule has 84 valence electrons. The van der Waals surface area contributed by atoms with Crippen molar-refractivity contribution in [2.24, 2.45) is 0 Å². The van der Waals surface area contributed by atoms with Gasteiger partial charge >= 0.3 is 0 Å².